The standard InChI is InChI=1S/C30H30N6O6/c31-28-25(16-7-19-1-10-22(11-2-19)34(37)38)29(32)27(18-9-21-5-14-24(15-6-21)36(41)42)30(33)26(28)17-8-20-3-12-23(13-4-20)35(39)40/h1-6,10-15H,7-9,16-18,31-33H2. The highest BCUT2D eigenvalue weighted by Gasteiger charge is 2.20. The van der Waals surface area contributed by atoms with E-state index in [9.17, 15) is 30.3 Å². The smallest absolute Gasteiger partial charge is 0.269 e. The van der Waals surface area contributed by atoms with Gasteiger partial charge in [-0.1, -0.05) is 36.4 Å². The van der Waals surface area contributed by atoms with Crippen LogP contribution < -0.4 is 17.2 Å². The summed E-state index contributed by atoms with van der Waals surface area (Å²) in [5.41, 5.74) is 26.3. The van der Waals surface area contributed by atoms with Crippen LogP contribution in [-0.2, 0) is 38.5 Å². The molecule has 216 valence electrons. The largest absolute Gasteiger partial charge is 0.398 e. The van der Waals surface area contributed by atoms with Crippen LogP contribution in [0.1, 0.15) is 33.4 Å². The highest BCUT2D eigenvalue weighted by Crippen LogP contribution is 2.37. The van der Waals surface area contributed by atoms with Gasteiger partial charge in [0.05, 0.1) is 14.8 Å². The monoisotopic (exact) mass is 570 g/mol. The highest BCUT2D eigenvalue weighted by atomic mass is 16.6. The normalized spacial score (nSPS) is 10.9. The van der Waals surface area contributed by atoms with Crippen molar-refractivity contribution in [1.82, 2.24) is 0 Å². The topological polar surface area (TPSA) is 207 Å². The SMILES string of the molecule is Nc1c(CCc2ccc([N+](=O)[O-])cc2)c(N)c(CCc2ccc([N+](=O)[O-])cc2)c(N)c1CCc1ccc([N+](=O)[O-])cc1. The summed E-state index contributed by atoms with van der Waals surface area (Å²) < 4.78 is 0. The summed E-state index contributed by atoms with van der Waals surface area (Å²) in [5, 5.41) is 33.0. The summed E-state index contributed by atoms with van der Waals surface area (Å²) in [7, 11) is 0. The van der Waals surface area contributed by atoms with Crippen LogP contribution in [0.2, 0.25) is 0 Å². The van der Waals surface area contributed by atoms with E-state index < -0.39 is 14.8 Å². The van der Waals surface area contributed by atoms with E-state index >= 15 is 0 Å². The van der Waals surface area contributed by atoms with Gasteiger partial charge in [-0.15, -0.1) is 0 Å². The summed E-state index contributed by atoms with van der Waals surface area (Å²) in [6, 6.07) is 18.9. The van der Waals surface area contributed by atoms with Gasteiger partial charge in [0.2, 0.25) is 0 Å². The third kappa shape index (κ3) is 6.78. The molecule has 0 amide bonds. The lowest BCUT2D eigenvalue weighted by molar-refractivity contribution is -0.385. The lowest BCUT2D eigenvalue weighted by atomic mass is 9.88. The lowest BCUT2D eigenvalue weighted by Crippen LogP contribution is -2.14. The van der Waals surface area contributed by atoms with E-state index in [-0.39, 0.29) is 17.1 Å². The second-order valence-electron chi connectivity index (χ2n) is 9.95. The van der Waals surface area contributed by atoms with Crippen molar-refractivity contribution in [1.29, 1.82) is 0 Å². The summed E-state index contributed by atoms with van der Waals surface area (Å²) in [4.78, 5) is 31.7. The molecule has 42 heavy (non-hydrogen) atoms. The number of aryl methyl sites for hydroxylation is 3. The van der Waals surface area contributed by atoms with Crippen molar-refractivity contribution in [3.63, 3.8) is 0 Å². The van der Waals surface area contributed by atoms with Crippen LogP contribution >= 0.6 is 0 Å². The molecule has 12 heteroatoms. The third-order valence-corrected chi connectivity index (χ3v) is 7.38. The van der Waals surface area contributed by atoms with Crippen molar-refractivity contribution >= 4 is 34.1 Å². The Morgan fingerprint density at radius 3 is 0.810 bits per heavy atom. The maximum atomic E-state index is 11.0. The number of hydrogen-bond acceptors (Lipinski definition) is 9. The first-order valence-corrected chi connectivity index (χ1v) is 13.2. The van der Waals surface area contributed by atoms with Gasteiger partial charge in [0.1, 0.15) is 0 Å². The maximum absolute atomic E-state index is 11.0. The molecule has 0 saturated carbocycles. The van der Waals surface area contributed by atoms with Gasteiger partial charge in [0.25, 0.3) is 17.1 Å². The first-order valence-electron chi connectivity index (χ1n) is 13.2. The summed E-state index contributed by atoms with van der Waals surface area (Å²) >= 11 is 0. The second kappa shape index (κ2) is 12.8. The number of nitrogens with two attached hydrogens (primary N) is 3. The Bertz CT molecular complexity index is 1410. The van der Waals surface area contributed by atoms with Gasteiger partial charge in [-0.2, -0.15) is 0 Å². The molecule has 12 nitrogen and oxygen atoms in total. The molecule has 4 rings (SSSR count). The quantitative estimate of drug-likeness (QED) is 0.111. The minimum atomic E-state index is -0.450. The molecule has 0 radical (unpaired) electrons. The van der Waals surface area contributed by atoms with Crippen LogP contribution in [0.15, 0.2) is 72.8 Å². The van der Waals surface area contributed by atoms with Crippen LogP contribution in [0.25, 0.3) is 0 Å². The molecule has 4 aromatic carbocycles. The number of hydrogen-bond donors (Lipinski definition) is 3. The summed E-state index contributed by atoms with van der Waals surface area (Å²) in [6.07, 6.45) is 3.06. The Morgan fingerprint density at radius 1 is 0.405 bits per heavy atom. The molecule has 0 aliphatic rings. The zero-order chi connectivity index (χ0) is 30.4. The molecule has 0 saturated heterocycles. The number of nitrogen functional groups attached to an aromatic ring is 3. The van der Waals surface area contributed by atoms with Crippen LogP contribution in [0, 0.1) is 30.3 Å². The van der Waals surface area contributed by atoms with E-state index in [1.807, 2.05) is 0 Å². The van der Waals surface area contributed by atoms with Gasteiger partial charge >= 0.3 is 0 Å². The molecule has 0 aliphatic carbocycles. The minimum absolute atomic E-state index is 0.00678. The molecule has 0 fully saturated rings. The lowest BCUT2D eigenvalue weighted by Gasteiger charge is -2.22. The molecule has 0 atom stereocenters. The summed E-state index contributed by atoms with van der Waals surface area (Å²) in [6.45, 7) is 0. The van der Waals surface area contributed by atoms with Gasteiger partial charge in [0, 0.05) is 53.5 Å². The van der Waals surface area contributed by atoms with E-state index in [0.717, 1.165) is 33.4 Å². The van der Waals surface area contributed by atoms with Gasteiger partial charge < -0.3 is 17.2 Å². The molecule has 0 aliphatic heterocycles. The van der Waals surface area contributed by atoms with Crippen molar-refractivity contribution in [2.24, 2.45) is 0 Å². The number of nitro benzene ring substituents is 3. The molecular formula is C30H30N6O6. The van der Waals surface area contributed by atoms with Crippen molar-refractivity contribution in [2.75, 3.05) is 17.2 Å². The maximum Gasteiger partial charge on any atom is 0.269 e. The zero-order valence-electron chi connectivity index (χ0n) is 22.7. The number of benzene rings is 4. The van der Waals surface area contributed by atoms with Crippen LogP contribution in [0.5, 0.6) is 0 Å². The van der Waals surface area contributed by atoms with Gasteiger partial charge in [-0.3, -0.25) is 30.3 Å². The Kier molecular flexibility index (Phi) is 8.96. The summed E-state index contributed by atoms with van der Waals surface area (Å²) in [5.74, 6) is 0. The molecule has 6 N–H and O–H groups in total. The van der Waals surface area contributed by atoms with Crippen LogP contribution in [0.4, 0.5) is 34.1 Å². The zero-order valence-corrected chi connectivity index (χ0v) is 22.7. The Morgan fingerprint density at radius 2 is 0.619 bits per heavy atom. The first kappa shape index (κ1) is 29.5. The van der Waals surface area contributed by atoms with Crippen molar-refractivity contribution in [3.05, 3.63) is 137 Å². The van der Waals surface area contributed by atoms with E-state index in [1.54, 1.807) is 36.4 Å². The van der Waals surface area contributed by atoms with E-state index in [2.05, 4.69) is 0 Å². The van der Waals surface area contributed by atoms with Crippen LogP contribution in [-0.4, -0.2) is 14.8 Å². The number of nitro groups is 3. The first-order chi connectivity index (χ1) is 20.0. The predicted molar refractivity (Wildman–Crippen MR) is 161 cm³/mol. The Labute approximate surface area is 241 Å². The van der Waals surface area contributed by atoms with Crippen LogP contribution in [0.3, 0.4) is 0 Å². The second-order valence-corrected chi connectivity index (χ2v) is 9.95. The number of rotatable bonds is 12. The highest BCUT2D eigenvalue weighted by molar-refractivity contribution is 5.79. The molecule has 0 spiro atoms. The number of anilines is 3. The molecule has 0 heterocycles. The van der Waals surface area contributed by atoms with E-state index in [4.69, 9.17) is 17.2 Å². The average molecular weight is 571 g/mol. The van der Waals surface area contributed by atoms with Gasteiger partial charge in [0.15, 0.2) is 0 Å². The fourth-order valence-electron chi connectivity index (χ4n) is 4.95. The number of nitrogens with zero attached hydrogens (tertiary/aromatic N) is 3. The Hall–Kier alpha value is -5.52. The number of non-ortho nitro benzene ring substituents is 3. The third-order valence-electron chi connectivity index (χ3n) is 7.38. The molecule has 0 aromatic heterocycles. The molecule has 0 bridgehead atoms. The average Bonchev–Trinajstić information content (AvgIpc) is 2.97. The van der Waals surface area contributed by atoms with Crippen molar-refractivity contribution in [2.45, 2.75) is 38.5 Å². The van der Waals surface area contributed by atoms with E-state index in [1.165, 1.54) is 36.4 Å². The molecule has 4 aromatic rings. The van der Waals surface area contributed by atoms with E-state index in [0.29, 0.717) is 55.6 Å². The van der Waals surface area contributed by atoms with Crippen molar-refractivity contribution in [3.8, 4) is 0 Å². The fourth-order valence-corrected chi connectivity index (χ4v) is 4.95. The van der Waals surface area contributed by atoms with Crippen molar-refractivity contribution < 1.29 is 14.8 Å². The Balaban J connectivity index is 1.63. The predicted octanol–water partition coefficient (Wildman–Crippen LogP) is 5.51. The molecule has 0 unspecified atom stereocenters. The minimum Gasteiger partial charge on any atom is -0.398 e. The van der Waals surface area contributed by atoms with Gasteiger partial charge in [-0.25, -0.2) is 0 Å². The fraction of sp³-hybridized carbons (Fsp3) is 0.200. The van der Waals surface area contributed by atoms with Gasteiger partial charge in [-0.05, 0) is 71.9 Å². The molecular weight excluding hydrogens is 540 g/mol.